The highest BCUT2D eigenvalue weighted by Crippen LogP contribution is 2.20. The minimum absolute atomic E-state index is 0.0865. The fourth-order valence-electron chi connectivity index (χ4n) is 1.77. The van der Waals surface area contributed by atoms with E-state index in [0.717, 1.165) is 5.56 Å². The molecule has 2 rings (SSSR count). The summed E-state index contributed by atoms with van der Waals surface area (Å²) in [6, 6.07) is 11.0. The van der Waals surface area contributed by atoms with E-state index in [1.807, 2.05) is 28.7 Å². The van der Waals surface area contributed by atoms with Crippen molar-refractivity contribution in [1.82, 2.24) is 5.32 Å². The van der Waals surface area contributed by atoms with E-state index in [1.54, 1.807) is 18.2 Å². The molecule has 0 heterocycles. The molecule has 0 spiro atoms. The Morgan fingerprint density at radius 1 is 1.25 bits per heavy atom. The Bertz CT molecular complexity index is 631. The summed E-state index contributed by atoms with van der Waals surface area (Å²) in [4.78, 5) is 11.9. The van der Waals surface area contributed by atoms with Gasteiger partial charge in [-0.15, -0.1) is 0 Å². The standard InChI is InChI=1S/C15H13FINO2/c16-12-3-1-2-10(8-12)6-7-18-15(20)11-4-5-13(17)14(19)9-11/h1-5,8-9,19H,6-7H2,(H,18,20). The van der Waals surface area contributed by atoms with Crippen LogP contribution in [0.25, 0.3) is 0 Å². The SMILES string of the molecule is O=C(NCCc1cccc(F)c1)c1ccc(I)c(O)c1. The lowest BCUT2D eigenvalue weighted by molar-refractivity contribution is 0.0953. The van der Waals surface area contributed by atoms with Crippen molar-refractivity contribution in [1.29, 1.82) is 0 Å². The van der Waals surface area contributed by atoms with Crippen molar-refractivity contribution in [3.63, 3.8) is 0 Å². The third-order valence-corrected chi connectivity index (χ3v) is 3.71. The van der Waals surface area contributed by atoms with Crippen LogP contribution in [-0.2, 0) is 6.42 Å². The first kappa shape index (κ1) is 14.8. The summed E-state index contributed by atoms with van der Waals surface area (Å²) in [6.07, 6.45) is 0.555. The normalized spacial score (nSPS) is 10.3. The molecule has 0 bridgehead atoms. The second-order valence-corrected chi connectivity index (χ2v) is 5.46. The number of nitrogens with one attached hydrogen (secondary N) is 1. The number of aromatic hydroxyl groups is 1. The van der Waals surface area contributed by atoms with E-state index < -0.39 is 0 Å². The van der Waals surface area contributed by atoms with Gasteiger partial charge in [0, 0.05) is 12.1 Å². The molecule has 2 N–H and O–H groups in total. The van der Waals surface area contributed by atoms with Gasteiger partial charge < -0.3 is 10.4 Å². The van der Waals surface area contributed by atoms with Gasteiger partial charge >= 0.3 is 0 Å². The van der Waals surface area contributed by atoms with E-state index in [1.165, 1.54) is 18.2 Å². The first-order chi connectivity index (χ1) is 9.56. The van der Waals surface area contributed by atoms with Crippen molar-refractivity contribution < 1.29 is 14.3 Å². The van der Waals surface area contributed by atoms with Crippen molar-refractivity contribution in [2.45, 2.75) is 6.42 Å². The van der Waals surface area contributed by atoms with Gasteiger partial charge in [-0.2, -0.15) is 0 Å². The van der Waals surface area contributed by atoms with E-state index in [0.29, 0.717) is 22.1 Å². The average molecular weight is 385 g/mol. The van der Waals surface area contributed by atoms with E-state index in [2.05, 4.69) is 5.32 Å². The number of amides is 1. The molecular formula is C15H13FINO2. The minimum atomic E-state index is -0.281. The van der Waals surface area contributed by atoms with Gasteiger partial charge in [-0.05, 0) is 64.9 Å². The van der Waals surface area contributed by atoms with Crippen LogP contribution in [-0.4, -0.2) is 17.6 Å². The van der Waals surface area contributed by atoms with Crippen LogP contribution in [0.4, 0.5) is 4.39 Å². The first-order valence-electron chi connectivity index (χ1n) is 6.07. The number of rotatable bonds is 4. The van der Waals surface area contributed by atoms with Crippen molar-refractivity contribution >= 4 is 28.5 Å². The maximum Gasteiger partial charge on any atom is 0.251 e. The number of phenols is 1. The molecule has 3 nitrogen and oxygen atoms in total. The third-order valence-electron chi connectivity index (χ3n) is 2.80. The van der Waals surface area contributed by atoms with Crippen molar-refractivity contribution in [3.05, 3.63) is 63.0 Å². The summed E-state index contributed by atoms with van der Waals surface area (Å²) in [5.74, 6) is -0.451. The fourth-order valence-corrected chi connectivity index (χ4v) is 2.10. The van der Waals surface area contributed by atoms with Gasteiger partial charge in [-0.1, -0.05) is 12.1 Å². The molecule has 0 aromatic heterocycles. The zero-order valence-corrected chi connectivity index (χ0v) is 12.7. The molecule has 2 aromatic rings. The van der Waals surface area contributed by atoms with Gasteiger partial charge in [-0.3, -0.25) is 4.79 Å². The highest BCUT2D eigenvalue weighted by atomic mass is 127. The van der Waals surface area contributed by atoms with Crippen molar-refractivity contribution in [2.75, 3.05) is 6.54 Å². The largest absolute Gasteiger partial charge is 0.507 e. The molecule has 104 valence electrons. The molecule has 0 aliphatic carbocycles. The number of carbonyl (C=O) groups is 1. The Morgan fingerprint density at radius 2 is 2.05 bits per heavy atom. The topological polar surface area (TPSA) is 49.3 Å². The Hall–Kier alpha value is -1.63. The molecular weight excluding hydrogens is 372 g/mol. The molecule has 0 saturated carbocycles. The van der Waals surface area contributed by atoms with E-state index in [-0.39, 0.29) is 17.5 Å². The highest BCUT2D eigenvalue weighted by Gasteiger charge is 2.07. The van der Waals surface area contributed by atoms with Gasteiger partial charge in [-0.25, -0.2) is 4.39 Å². The van der Waals surface area contributed by atoms with Crippen LogP contribution in [0.3, 0.4) is 0 Å². The van der Waals surface area contributed by atoms with Crippen molar-refractivity contribution in [2.24, 2.45) is 0 Å². The van der Waals surface area contributed by atoms with Gasteiger partial charge in [0.15, 0.2) is 0 Å². The second-order valence-electron chi connectivity index (χ2n) is 4.30. The summed E-state index contributed by atoms with van der Waals surface area (Å²) in [7, 11) is 0. The maximum atomic E-state index is 13.0. The maximum absolute atomic E-state index is 13.0. The lowest BCUT2D eigenvalue weighted by Crippen LogP contribution is -2.25. The zero-order valence-electron chi connectivity index (χ0n) is 10.6. The second kappa shape index (κ2) is 6.69. The molecule has 0 radical (unpaired) electrons. The number of halogens is 2. The molecule has 5 heteroatoms. The number of carbonyl (C=O) groups excluding carboxylic acids is 1. The number of benzene rings is 2. The monoisotopic (exact) mass is 385 g/mol. The summed E-state index contributed by atoms with van der Waals surface area (Å²) in [6.45, 7) is 0.412. The van der Waals surface area contributed by atoms with Crippen LogP contribution < -0.4 is 5.32 Å². The molecule has 20 heavy (non-hydrogen) atoms. The smallest absolute Gasteiger partial charge is 0.251 e. The quantitative estimate of drug-likeness (QED) is 0.795. The van der Waals surface area contributed by atoms with Crippen LogP contribution in [0, 0.1) is 9.39 Å². The predicted octanol–water partition coefficient (Wildman–Crippen LogP) is 3.11. The molecule has 0 aliphatic heterocycles. The van der Waals surface area contributed by atoms with E-state index >= 15 is 0 Å². The summed E-state index contributed by atoms with van der Waals surface area (Å²) in [5, 5.41) is 12.3. The van der Waals surface area contributed by atoms with Crippen LogP contribution in [0.15, 0.2) is 42.5 Å². The van der Waals surface area contributed by atoms with Crippen LogP contribution in [0.5, 0.6) is 5.75 Å². The number of hydrogen-bond donors (Lipinski definition) is 2. The van der Waals surface area contributed by atoms with Gasteiger partial charge in [0.1, 0.15) is 11.6 Å². The predicted molar refractivity (Wildman–Crippen MR) is 83.3 cm³/mol. The molecule has 0 fully saturated rings. The molecule has 0 aliphatic rings. The molecule has 0 saturated heterocycles. The number of phenolic OH excluding ortho intramolecular Hbond substituents is 1. The summed E-state index contributed by atoms with van der Waals surface area (Å²) >= 11 is 1.99. The average Bonchev–Trinajstić information content (AvgIpc) is 2.42. The van der Waals surface area contributed by atoms with Gasteiger partial charge in [0.2, 0.25) is 0 Å². The van der Waals surface area contributed by atoms with Crippen LogP contribution in [0.1, 0.15) is 15.9 Å². The minimum Gasteiger partial charge on any atom is -0.507 e. The molecule has 0 unspecified atom stereocenters. The Kier molecular flexibility index (Phi) is 4.94. The lowest BCUT2D eigenvalue weighted by Gasteiger charge is -2.06. The Morgan fingerprint density at radius 3 is 2.75 bits per heavy atom. The molecule has 0 atom stereocenters. The highest BCUT2D eigenvalue weighted by molar-refractivity contribution is 14.1. The van der Waals surface area contributed by atoms with Gasteiger partial charge in [0.05, 0.1) is 3.57 Å². The third kappa shape index (κ3) is 3.93. The van der Waals surface area contributed by atoms with E-state index in [9.17, 15) is 14.3 Å². The molecule has 1 amide bonds. The first-order valence-corrected chi connectivity index (χ1v) is 7.15. The lowest BCUT2D eigenvalue weighted by atomic mass is 10.1. The van der Waals surface area contributed by atoms with Crippen LogP contribution in [0.2, 0.25) is 0 Å². The zero-order chi connectivity index (χ0) is 14.5. The Labute approximate surface area is 130 Å². The van der Waals surface area contributed by atoms with Crippen molar-refractivity contribution in [3.8, 4) is 5.75 Å². The van der Waals surface area contributed by atoms with E-state index in [4.69, 9.17) is 0 Å². The fraction of sp³-hybridized carbons (Fsp3) is 0.133. The number of hydrogen-bond acceptors (Lipinski definition) is 2. The molecule has 2 aromatic carbocycles. The summed E-state index contributed by atoms with van der Waals surface area (Å²) in [5.41, 5.74) is 1.23. The Balaban J connectivity index is 1.90. The summed E-state index contributed by atoms with van der Waals surface area (Å²) < 4.78 is 13.7. The van der Waals surface area contributed by atoms with Crippen LogP contribution >= 0.6 is 22.6 Å². The van der Waals surface area contributed by atoms with Gasteiger partial charge in [0.25, 0.3) is 5.91 Å².